The second-order valence-electron chi connectivity index (χ2n) is 20.1. The first-order valence-electron chi connectivity index (χ1n) is 28.4. The molecule has 0 fully saturated rings. The van der Waals surface area contributed by atoms with Crippen LogP contribution in [-0.4, -0.2) is 50.5 Å². The van der Waals surface area contributed by atoms with Crippen molar-refractivity contribution in [3.63, 3.8) is 0 Å². The molecule has 0 aliphatic carbocycles. The van der Waals surface area contributed by atoms with Crippen LogP contribution in [0.5, 0.6) is 0 Å². The summed E-state index contributed by atoms with van der Waals surface area (Å²) in [6.45, 7) is 5.63. The van der Waals surface area contributed by atoms with E-state index in [1.165, 1.54) is 212 Å². The van der Waals surface area contributed by atoms with E-state index in [0.29, 0.717) is 19.3 Å². The van der Waals surface area contributed by atoms with E-state index < -0.39 is 35.2 Å². The van der Waals surface area contributed by atoms with Crippen molar-refractivity contribution >= 4 is 17.3 Å². The summed E-state index contributed by atoms with van der Waals surface area (Å²) < 4.78 is 0. The highest BCUT2D eigenvalue weighted by atomic mass is 16.4. The molecule has 0 amide bonds. The molecular weight excluding hydrogens is 781 g/mol. The lowest BCUT2D eigenvalue weighted by molar-refractivity contribution is -0.194. The third-order valence-electron chi connectivity index (χ3n) is 14.1. The van der Waals surface area contributed by atoms with Gasteiger partial charge in [0.2, 0.25) is 5.60 Å². The van der Waals surface area contributed by atoms with Crippen LogP contribution in [0.3, 0.4) is 0 Å². The van der Waals surface area contributed by atoms with Gasteiger partial charge in [0.1, 0.15) is 0 Å². The smallest absolute Gasteiger partial charge is 0.219 e. The molecule has 0 unspecified atom stereocenters. The van der Waals surface area contributed by atoms with Crippen molar-refractivity contribution in [2.45, 2.75) is 340 Å². The van der Waals surface area contributed by atoms with Gasteiger partial charge in [0.25, 0.3) is 0 Å². The van der Waals surface area contributed by atoms with Crippen LogP contribution in [0.1, 0.15) is 329 Å². The molecule has 0 rings (SSSR count). The third kappa shape index (κ3) is 33.1. The van der Waals surface area contributed by atoms with E-state index >= 15 is 0 Å². The van der Waals surface area contributed by atoms with Crippen molar-refractivity contribution in [1.29, 1.82) is 0 Å². The number of unbranched alkanes of at least 4 members (excludes halogenated alkanes) is 42. The number of carbonyl (C=O) groups excluding carboxylic acids is 3. The number of hydrogen-bond donors (Lipinski definition) is 3. The average Bonchev–Trinajstić information content (AvgIpc) is 3.29. The molecular formula is C57H110O6. The van der Waals surface area contributed by atoms with Gasteiger partial charge in [-0.15, -0.1) is 0 Å². The Hall–Kier alpha value is -1.11. The van der Waals surface area contributed by atoms with Crippen LogP contribution >= 0.6 is 0 Å². The van der Waals surface area contributed by atoms with Crippen LogP contribution in [0.15, 0.2) is 0 Å². The summed E-state index contributed by atoms with van der Waals surface area (Å²) in [4.78, 5) is 41.3. The predicted molar refractivity (Wildman–Crippen MR) is 271 cm³/mol. The Kier molecular flexibility index (Phi) is 45.2. The highest BCUT2D eigenvalue weighted by molar-refractivity contribution is 6.16. The fourth-order valence-electron chi connectivity index (χ4n) is 9.56. The molecule has 0 saturated carbocycles. The molecule has 0 aliphatic rings. The third-order valence-corrected chi connectivity index (χ3v) is 14.1. The largest absolute Gasteiger partial charge is 0.393 e. The standard InChI is InChI=1S/C57H110O6/c1-4-7-10-13-16-19-22-25-28-31-34-37-40-43-46-49-53(59)56(62,52-58)57(63,54(60)50-47-44-41-38-35-32-29-26-23-20-17-14-11-8-5-2)55(61)51-48-45-42-39-36-33-30-27-24-21-18-15-12-9-6-3/h58,62-63H,4-52H2,1-3H3/t56-/m1/s1. The van der Waals surface area contributed by atoms with Gasteiger partial charge >= 0.3 is 0 Å². The highest BCUT2D eigenvalue weighted by Crippen LogP contribution is 2.32. The minimum Gasteiger partial charge on any atom is -0.393 e. The lowest BCUT2D eigenvalue weighted by atomic mass is 9.71. The fraction of sp³-hybridized carbons (Fsp3) is 0.947. The first-order chi connectivity index (χ1) is 30.8. The Morgan fingerprint density at radius 2 is 0.429 bits per heavy atom. The molecule has 0 aromatic heterocycles. The predicted octanol–water partition coefficient (Wildman–Crippen LogP) is 16.9. The van der Waals surface area contributed by atoms with Gasteiger partial charge in [-0.2, -0.15) is 0 Å². The normalized spacial score (nSPS) is 12.9. The van der Waals surface area contributed by atoms with Gasteiger partial charge in [-0.1, -0.05) is 290 Å². The molecule has 1 atom stereocenters. The lowest BCUT2D eigenvalue weighted by Gasteiger charge is -2.39. The quantitative estimate of drug-likeness (QED) is 0.0414. The molecule has 6 nitrogen and oxygen atoms in total. The number of aliphatic hydroxyl groups excluding tert-OH is 1. The number of aliphatic hydroxyl groups is 3. The van der Waals surface area contributed by atoms with Crippen LogP contribution in [0.25, 0.3) is 0 Å². The Balaban J connectivity index is 4.86. The first-order valence-corrected chi connectivity index (χ1v) is 28.4. The van der Waals surface area contributed by atoms with Crippen molar-refractivity contribution in [3.8, 4) is 0 Å². The van der Waals surface area contributed by atoms with Gasteiger partial charge in [0.05, 0.1) is 6.61 Å². The molecule has 0 aliphatic heterocycles. The van der Waals surface area contributed by atoms with E-state index in [4.69, 9.17) is 0 Å². The van der Waals surface area contributed by atoms with E-state index in [-0.39, 0.29) is 19.3 Å². The minimum atomic E-state index is -2.92. The number of hydrogen-bond acceptors (Lipinski definition) is 6. The second-order valence-corrected chi connectivity index (χ2v) is 20.1. The van der Waals surface area contributed by atoms with Crippen LogP contribution in [0, 0.1) is 0 Å². The lowest BCUT2D eigenvalue weighted by Crippen LogP contribution is -2.69. The molecule has 63 heavy (non-hydrogen) atoms. The van der Waals surface area contributed by atoms with Crippen LogP contribution in [0.4, 0.5) is 0 Å². The summed E-state index contributed by atoms with van der Waals surface area (Å²) in [6, 6.07) is 0. The molecule has 0 aromatic rings. The van der Waals surface area contributed by atoms with Gasteiger partial charge < -0.3 is 15.3 Å². The van der Waals surface area contributed by atoms with Crippen LogP contribution < -0.4 is 0 Å². The van der Waals surface area contributed by atoms with E-state index in [0.717, 1.165) is 57.8 Å². The average molecular weight is 892 g/mol. The minimum absolute atomic E-state index is 0.0733. The zero-order chi connectivity index (χ0) is 46.4. The zero-order valence-corrected chi connectivity index (χ0v) is 42.7. The molecule has 6 heteroatoms. The Labute approximate surface area is 392 Å². The molecule has 3 N–H and O–H groups in total. The van der Waals surface area contributed by atoms with Gasteiger partial charge in [0, 0.05) is 19.3 Å². The van der Waals surface area contributed by atoms with Crippen molar-refractivity contribution in [1.82, 2.24) is 0 Å². The van der Waals surface area contributed by atoms with E-state index in [1.54, 1.807) is 0 Å². The number of carbonyl (C=O) groups is 3. The molecule has 0 saturated heterocycles. The molecule has 0 aromatic carbocycles. The monoisotopic (exact) mass is 891 g/mol. The summed E-state index contributed by atoms with van der Waals surface area (Å²) in [5.41, 5.74) is -5.73. The Morgan fingerprint density at radius 1 is 0.270 bits per heavy atom. The molecule has 374 valence electrons. The van der Waals surface area contributed by atoms with Gasteiger partial charge in [-0.3, -0.25) is 14.4 Å². The Bertz CT molecular complexity index is 965. The van der Waals surface area contributed by atoms with Crippen molar-refractivity contribution in [3.05, 3.63) is 0 Å². The van der Waals surface area contributed by atoms with E-state index in [1.807, 2.05) is 0 Å². The van der Waals surface area contributed by atoms with Crippen molar-refractivity contribution in [2.24, 2.45) is 0 Å². The van der Waals surface area contributed by atoms with Crippen molar-refractivity contribution in [2.75, 3.05) is 6.61 Å². The zero-order valence-electron chi connectivity index (χ0n) is 42.7. The number of ketones is 3. The maximum absolute atomic E-state index is 13.8. The second kappa shape index (κ2) is 46.0. The summed E-state index contributed by atoms with van der Waals surface area (Å²) >= 11 is 0. The Morgan fingerprint density at radius 3 is 0.603 bits per heavy atom. The highest BCUT2D eigenvalue weighted by Gasteiger charge is 2.62. The molecule has 0 bridgehead atoms. The van der Waals surface area contributed by atoms with E-state index in [9.17, 15) is 29.7 Å². The van der Waals surface area contributed by atoms with Crippen molar-refractivity contribution < 1.29 is 29.7 Å². The number of rotatable bonds is 53. The van der Waals surface area contributed by atoms with Crippen LogP contribution in [0.2, 0.25) is 0 Å². The maximum atomic E-state index is 13.8. The number of Topliss-reactive ketones (excluding diaryl/α,β-unsaturated/α-hetero) is 3. The van der Waals surface area contributed by atoms with E-state index in [2.05, 4.69) is 20.8 Å². The first kappa shape index (κ1) is 61.9. The SMILES string of the molecule is CCCCCCCCCCCCCCCCCC(=O)C(O)(C(=O)CCCCCCCCCCCCCCCCC)[C@@](O)(CO)C(=O)CCCCCCCCCCCCCCCCC. The topological polar surface area (TPSA) is 112 Å². The van der Waals surface area contributed by atoms with Crippen LogP contribution in [-0.2, 0) is 14.4 Å². The maximum Gasteiger partial charge on any atom is 0.219 e. The summed E-state index contributed by atoms with van der Waals surface area (Å²) in [6.07, 6.45) is 53.1. The van der Waals surface area contributed by atoms with Gasteiger partial charge in [-0.25, -0.2) is 0 Å². The fourth-order valence-corrected chi connectivity index (χ4v) is 9.56. The molecule has 0 radical (unpaired) electrons. The summed E-state index contributed by atoms with van der Waals surface area (Å²) in [5.74, 6) is -2.43. The summed E-state index contributed by atoms with van der Waals surface area (Å²) in [5, 5.41) is 34.2. The van der Waals surface area contributed by atoms with Gasteiger partial charge in [0.15, 0.2) is 23.0 Å². The molecule has 0 heterocycles. The molecule has 0 spiro atoms. The summed E-state index contributed by atoms with van der Waals surface area (Å²) in [7, 11) is 0. The van der Waals surface area contributed by atoms with Gasteiger partial charge in [-0.05, 0) is 19.3 Å².